The maximum atomic E-state index is 12.3. The van der Waals surface area contributed by atoms with Crippen LogP contribution >= 0.6 is 0 Å². The van der Waals surface area contributed by atoms with Crippen molar-refractivity contribution in [3.8, 4) is 0 Å². The maximum Gasteiger partial charge on any atom is 0.309 e. The van der Waals surface area contributed by atoms with Gasteiger partial charge in [0.1, 0.15) is 6.10 Å². The number of cyclic esters (lactones) is 1. The molecule has 1 heterocycles. The Labute approximate surface area is 167 Å². The smallest absolute Gasteiger partial charge is 0.309 e. The number of esters is 1. The van der Waals surface area contributed by atoms with E-state index in [1.807, 2.05) is 6.08 Å². The Morgan fingerprint density at radius 2 is 1.52 bits per heavy atom. The molecule has 0 spiro atoms. The Morgan fingerprint density at radius 1 is 0.889 bits per heavy atom. The van der Waals surface area contributed by atoms with E-state index in [1.165, 1.54) is 70.6 Å². The molecule has 27 heavy (non-hydrogen) atoms. The number of unbranched alkanes of at least 4 members (excludes halogenated alkanes) is 1. The Kier molecular flexibility index (Phi) is 8.27. The second-order valence-corrected chi connectivity index (χ2v) is 9.71. The molecule has 1 aliphatic heterocycles. The first-order valence-corrected chi connectivity index (χ1v) is 12.0. The number of allylic oxidation sites excluding steroid dienone is 1. The van der Waals surface area contributed by atoms with Crippen molar-refractivity contribution in [3.63, 3.8) is 0 Å². The van der Waals surface area contributed by atoms with Crippen molar-refractivity contribution >= 4 is 5.97 Å². The first kappa shape index (κ1) is 20.9. The lowest BCUT2D eigenvalue weighted by Crippen LogP contribution is -2.38. The van der Waals surface area contributed by atoms with E-state index in [0.717, 1.165) is 43.4 Å². The van der Waals surface area contributed by atoms with Crippen molar-refractivity contribution in [3.05, 3.63) is 12.7 Å². The summed E-state index contributed by atoms with van der Waals surface area (Å²) in [7, 11) is 0. The number of carbonyl (C=O) groups excluding carboxylic acids is 1. The van der Waals surface area contributed by atoms with Crippen LogP contribution in [0, 0.1) is 29.6 Å². The molecule has 2 atom stereocenters. The molecule has 3 rings (SSSR count). The van der Waals surface area contributed by atoms with Gasteiger partial charge in [0.2, 0.25) is 0 Å². The molecular formula is C25H42O2. The third kappa shape index (κ3) is 5.84. The largest absolute Gasteiger partial charge is 0.462 e. The van der Waals surface area contributed by atoms with Crippen LogP contribution in [0.2, 0.25) is 0 Å². The fraction of sp³-hybridized carbons (Fsp3) is 0.880. The standard InChI is InChI=1S/C25H42O2/c1-3-5-7-19-9-11-20(12-10-19)21-13-15-22(16-14-21)24-18-17-23(8-6-4-2)25(26)27-24/h4,19-24H,2-3,5-18H2,1H3. The second kappa shape index (κ2) is 10.7. The fourth-order valence-corrected chi connectivity index (χ4v) is 6.13. The molecule has 0 aromatic heterocycles. The predicted molar refractivity (Wildman–Crippen MR) is 112 cm³/mol. The van der Waals surface area contributed by atoms with Crippen LogP contribution in [0.1, 0.15) is 103 Å². The van der Waals surface area contributed by atoms with Gasteiger partial charge in [-0.25, -0.2) is 0 Å². The van der Waals surface area contributed by atoms with E-state index in [2.05, 4.69) is 13.5 Å². The molecule has 154 valence electrons. The van der Waals surface area contributed by atoms with Gasteiger partial charge in [-0.1, -0.05) is 45.1 Å². The summed E-state index contributed by atoms with van der Waals surface area (Å²) < 4.78 is 5.89. The Bertz CT molecular complexity index is 455. The SMILES string of the molecule is C=CCCC1CCC(C2CCC(C3CCC(CCCC)CC3)CC2)OC1=O. The van der Waals surface area contributed by atoms with Crippen molar-refractivity contribution in [2.75, 3.05) is 0 Å². The van der Waals surface area contributed by atoms with Gasteiger partial charge in [0.25, 0.3) is 0 Å². The molecule has 2 saturated carbocycles. The molecule has 0 radical (unpaired) electrons. The zero-order chi connectivity index (χ0) is 19.1. The zero-order valence-electron chi connectivity index (χ0n) is 17.7. The lowest BCUT2D eigenvalue weighted by atomic mass is 9.67. The van der Waals surface area contributed by atoms with Gasteiger partial charge in [0, 0.05) is 0 Å². The van der Waals surface area contributed by atoms with Crippen molar-refractivity contribution in [1.29, 1.82) is 0 Å². The summed E-state index contributed by atoms with van der Waals surface area (Å²) in [4.78, 5) is 12.3. The molecule has 2 unspecified atom stereocenters. The molecule has 3 aliphatic rings. The van der Waals surface area contributed by atoms with Crippen LogP contribution in [0.4, 0.5) is 0 Å². The van der Waals surface area contributed by atoms with Crippen LogP contribution in [0.5, 0.6) is 0 Å². The topological polar surface area (TPSA) is 26.3 Å². The third-order valence-electron chi connectivity index (χ3n) is 7.99. The van der Waals surface area contributed by atoms with E-state index < -0.39 is 0 Å². The summed E-state index contributed by atoms with van der Waals surface area (Å²) in [5, 5.41) is 0. The van der Waals surface area contributed by atoms with Gasteiger partial charge in [-0.3, -0.25) is 4.79 Å². The van der Waals surface area contributed by atoms with E-state index in [9.17, 15) is 4.79 Å². The number of carbonyl (C=O) groups is 1. The molecule has 0 aromatic rings. The van der Waals surface area contributed by atoms with E-state index in [1.54, 1.807) is 0 Å². The van der Waals surface area contributed by atoms with Gasteiger partial charge in [-0.2, -0.15) is 0 Å². The molecule has 0 N–H and O–H groups in total. The van der Waals surface area contributed by atoms with Crippen LogP contribution in [0.25, 0.3) is 0 Å². The highest BCUT2D eigenvalue weighted by atomic mass is 16.5. The Hall–Kier alpha value is -0.790. The van der Waals surface area contributed by atoms with Gasteiger partial charge in [0.15, 0.2) is 0 Å². The fourth-order valence-electron chi connectivity index (χ4n) is 6.13. The van der Waals surface area contributed by atoms with E-state index >= 15 is 0 Å². The summed E-state index contributed by atoms with van der Waals surface area (Å²) in [6, 6.07) is 0. The second-order valence-electron chi connectivity index (χ2n) is 9.71. The predicted octanol–water partition coefficient (Wildman–Crippen LogP) is 7.08. The monoisotopic (exact) mass is 374 g/mol. The summed E-state index contributed by atoms with van der Waals surface area (Å²) in [6.45, 7) is 6.08. The van der Waals surface area contributed by atoms with Crippen LogP contribution in [-0.4, -0.2) is 12.1 Å². The average Bonchev–Trinajstić information content (AvgIpc) is 2.72. The van der Waals surface area contributed by atoms with Crippen molar-refractivity contribution < 1.29 is 9.53 Å². The first-order chi connectivity index (χ1) is 13.2. The molecule has 2 heteroatoms. The van der Waals surface area contributed by atoms with Crippen molar-refractivity contribution in [1.82, 2.24) is 0 Å². The molecule has 0 amide bonds. The van der Waals surface area contributed by atoms with Gasteiger partial charge in [0.05, 0.1) is 5.92 Å². The van der Waals surface area contributed by atoms with Crippen LogP contribution in [-0.2, 0) is 9.53 Å². The molecule has 0 aromatic carbocycles. The minimum absolute atomic E-state index is 0.0700. The number of rotatable bonds is 8. The summed E-state index contributed by atoms with van der Waals surface area (Å²) in [5.74, 6) is 3.79. The number of hydrogen-bond donors (Lipinski definition) is 0. The lowest BCUT2D eigenvalue weighted by Gasteiger charge is -2.41. The molecule has 0 bridgehead atoms. The summed E-state index contributed by atoms with van der Waals surface area (Å²) in [5.41, 5.74) is 0. The first-order valence-electron chi connectivity index (χ1n) is 12.0. The van der Waals surface area contributed by atoms with Gasteiger partial charge >= 0.3 is 5.97 Å². The molecule has 3 fully saturated rings. The highest BCUT2D eigenvalue weighted by molar-refractivity contribution is 5.73. The molecule has 2 nitrogen and oxygen atoms in total. The third-order valence-corrected chi connectivity index (χ3v) is 7.99. The normalized spacial score (nSPS) is 37.6. The highest BCUT2D eigenvalue weighted by Gasteiger charge is 2.37. The Morgan fingerprint density at radius 3 is 2.11 bits per heavy atom. The number of ether oxygens (including phenoxy) is 1. The van der Waals surface area contributed by atoms with Gasteiger partial charge in [-0.05, 0) is 87.9 Å². The van der Waals surface area contributed by atoms with E-state index in [0.29, 0.717) is 5.92 Å². The number of hydrogen-bond acceptors (Lipinski definition) is 2. The van der Waals surface area contributed by atoms with Crippen LogP contribution in [0.15, 0.2) is 12.7 Å². The maximum absolute atomic E-state index is 12.3. The quantitative estimate of drug-likeness (QED) is 0.335. The lowest BCUT2D eigenvalue weighted by molar-refractivity contribution is -0.165. The van der Waals surface area contributed by atoms with Gasteiger partial charge in [-0.15, -0.1) is 6.58 Å². The molecular weight excluding hydrogens is 332 g/mol. The van der Waals surface area contributed by atoms with E-state index in [-0.39, 0.29) is 18.0 Å². The summed E-state index contributed by atoms with van der Waals surface area (Å²) >= 11 is 0. The summed E-state index contributed by atoms with van der Waals surface area (Å²) in [6.07, 6.45) is 21.6. The minimum Gasteiger partial charge on any atom is -0.462 e. The molecule has 2 aliphatic carbocycles. The van der Waals surface area contributed by atoms with Crippen LogP contribution < -0.4 is 0 Å². The Balaban J connectivity index is 1.37. The van der Waals surface area contributed by atoms with Gasteiger partial charge < -0.3 is 4.74 Å². The average molecular weight is 375 g/mol. The zero-order valence-corrected chi connectivity index (χ0v) is 17.7. The van der Waals surface area contributed by atoms with Crippen LogP contribution in [0.3, 0.4) is 0 Å². The van der Waals surface area contributed by atoms with E-state index in [4.69, 9.17) is 4.74 Å². The van der Waals surface area contributed by atoms with Crippen molar-refractivity contribution in [2.45, 2.75) is 109 Å². The highest BCUT2D eigenvalue weighted by Crippen LogP contribution is 2.44. The minimum atomic E-state index is 0.0700. The van der Waals surface area contributed by atoms with Crippen molar-refractivity contribution in [2.24, 2.45) is 29.6 Å². The molecule has 1 saturated heterocycles.